The molecule has 9 nitrogen and oxygen atoms in total. The van der Waals surface area contributed by atoms with E-state index in [0.29, 0.717) is 29.9 Å². The molecule has 0 radical (unpaired) electrons. The number of amides is 5. The molecular formula is C23H24N4O5. The van der Waals surface area contributed by atoms with Gasteiger partial charge in [-0.1, -0.05) is 37.5 Å². The molecule has 5 amide bonds. The van der Waals surface area contributed by atoms with Crippen molar-refractivity contribution in [2.45, 2.75) is 37.6 Å². The average molecular weight is 436 g/mol. The van der Waals surface area contributed by atoms with Gasteiger partial charge in [-0.3, -0.25) is 19.8 Å². The molecule has 1 spiro atoms. The van der Waals surface area contributed by atoms with Crippen molar-refractivity contribution >= 4 is 23.8 Å². The molecule has 32 heavy (non-hydrogen) atoms. The predicted octanol–water partition coefficient (Wildman–Crippen LogP) is 2.49. The van der Waals surface area contributed by atoms with E-state index >= 15 is 0 Å². The van der Waals surface area contributed by atoms with Crippen LogP contribution in [0.4, 0.5) is 4.79 Å². The Morgan fingerprint density at radius 2 is 1.59 bits per heavy atom. The van der Waals surface area contributed by atoms with Crippen LogP contribution in [0.5, 0.6) is 11.5 Å². The number of carbonyl (C=O) groups excluding carboxylic acids is 4. The summed E-state index contributed by atoms with van der Waals surface area (Å²) in [6.07, 6.45) is 3.83. The number of imide groups is 1. The smallest absolute Gasteiger partial charge is 0.344 e. The van der Waals surface area contributed by atoms with Crippen LogP contribution in [0.3, 0.4) is 0 Å². The van der Waals surface area contributed by atoms with Crippen LogP contribution in [0.15, 0.2) is 54.6 Å². The van der Waals surface area contributed by atoms with Gasteiger partial charge in [0.1, 0.15) is 17.0 Å². The van der Waals surface area contributed by atoms with Gasteiger partial charge in [-0.2, -0.15) is 5.01 Å². The van der Waals surface area contributed by atoms with Crippen molar-refractivity contribution in [3.05, 3.63) is 60.2 Å². The van der Waals surface area contributed by atoms with Gasteiger partial charge < -0.3 is 15.4 Å². The summed E-state index contributed by atoms with van der Waals surface area (Å²) >= 11 is 0. The fraction of sp³-hybridized carbons (Fsp3) is 0.304. The van der Waals surface area contributed by atoms with Crippen molar-refractivity contribution in [1.29, 1.82) is 0 Å². The van der Waals surface area contributed by atoms with Gasteiger partial charge in [0.25, 0.3) is 17.7 Å². The Kier molecular flexibility index (Phi) is 6.07. The van der Waals surface area contributed by atoms with Gasteiger partial charge in [0.15, 0.2) is 0 Å². The van der Waals surface area contributed by atoms with E-state index in [0.717, 1.165) is 24.3 Å². The Balaban J connectivity index is 1.28. The van der Waals surface area contributed by atoms with Crippen molar-refractivity contribution in [2.24, 2.45) is 0 Å². The fourth-order valence-electron chi connectivity index (χ4n) is 3.94. The highest BCUT2D eigenvalue weighted by Crippen LogP contribution is 2.33. The molecule has 2 aromatic carbocycles. The van der Waals surface area contributed by atoms with Crippen molar-refractivity contribution in [1.82, 2.24) is 21.1 Å². The van der Waals surface area contributed by atoms with E-state index in [1.165, 1.54) is 0 Å². The van der Waals surface area contributed by atoms with Crippen molar-refractivity contribution in [3.8, 4) is 11.5 Å². The highest BCUT2D eigenvalue weighted by atomic mass is 16.5. The summed E-state index contributed by atoms with van der Waals surface area (Å²) in [5, 5.41) is 5.91. The number of rotatable bonds is 6. The van der Waals surface area contributed by atoms with Gasteiger partial charge in [0, 0.05) is 5.56 Å². The first-order valence-electron chi connectivity index (χ1n) is 10.5. The van der Waals surface area contributed by atoms with Gasteiger partial charge in [0.2, 0.25) is 0 Å². The second-order valence-electron chi connectivity index (χ2n) is 7.87. The van der Waals surface area contributed by atoms with Crippen molar-refractivity contribution in [3.63, 3.8) is 0 Å². The van der Waals surface area contributed by atoms with Gasteiger partial charge in [-0.25, -0.2) is 4.79 Å². The van der Waals surface area contributed by atoms with Crippen LogP contribution in [0.1, 0.15) is 42.5 Å². The number of nitrogens with one attached hydrogen (secondary N) is 3. The molecule has 1 heterocycles. The first kappa shape index (κ1) is 21.4. The molecule has 2 aromatic rings. The van der Waals surface area contributed by atoms with Crippen LogP contribution in [0.25, 0.3) is 0 Å². The third-order valence-electron chi connectivity index (χ3n) is 5.61. The number of urea groups is 1. The third kappa shape index (κ3) is 4.56. The molecule has 1 aliphatic heterocycles. The number of ether oxygens (including phenoxy) is 1. The first-order valence-corrected chi connectivity index (χ1v) is 10.5. The van der Waals surface area contributed by atoms with Crippen LogP contribution in [-0.4, -0.2) is 40.8 Å². The van der Waals surface area contributed by atoms with Crippen molar-refractivity contribution in [2.75, 3.05) is 6.54 Å². The maximum Gasteiger partial charge on any atom is 0.344 e. The number of hydrazine groups is 1. The molecule has 9 heteroatoms. The Morgan fingerprint density at radius 3 is 2.28 bits per heavy atom. The van der Waals surface area contributed by atoms with E-state index in [1.807, 2.05) is 30.3 Å². The minimum atomic E-state index is -0.921. The monoisotopic (exact) mass is 436 g/mol. The zero-order chi connectivity index (χ0) is 22.6. The molecule has 1 saturated carbocycles. The highest BCUT2D eigenvalue weighted by molar-refractivity contribution is 6.08. The lowest BCUT2D eigenvalue weighted by atomic mass is 9.82. The Morgan fingerprint density at radius 1 is 0.938 bits per heavy atom. The van der Waals surface area contributed by atoms with Crippen LogP contribution in [0.2, 0.25) is 0 Å². The van der Waals surface area contributed by atoms with Crippen molar-refractivity contribution < 1.29 is 23.9 Å². The van der Waals surface area contributed by atoms with E-state index in [2.05, 4.69) is 16.1 Å². The number of hydrogen-bond donors (Lipinski definition) is 3. The lowest BCUT2D eigenvalue weighted by Crippen LogP contribution is -2.52. The maximum atomic E-state index is 12.7. The predicted molar refractivity (Wildman–Crippen MR) is 115 cm³/mol. The standard InChI is InChI=1S/C23H24N4O5/c28-19(26-27-21(30)23(25-22(27)31)13-5-2-6-14-23)15-24-20(29)16-9-11-18(12-10-16)32-17-7-3-1-4-8-17/h1,3-4,7-12H,2,5-6,13-15H2,(H,24,29)(H,25,31)(H,26,28). The summed E-state index contributed by atoms with van der Waals surface area (Å²) in [5.74, 6) is -0.334. The quantitative estimate of drug-likeness (QED) is 0.602. The number of hydrogen-bond acceptors (Lipinski definition) is 5. The maximum absolute atomic E-state index is 12.7. The summed E-state index contributed by atoms with van der Waals surface area (Å²) in [6, 6.07) is 15.1. The largest absolute Gasteiger partial charge is 0.457 e. The summed E-state index contributed by atoms with van der Waals surface area (Å²) in [6.45, 7) is -0.384. The third-order valence-corrected chi connectivity index (χ3v) is 5.61. The van der Waals surface area contributed by atoms with Gasteiger partial charge in [-0.05, 0) is 49.2 Å². The van der Waals surface area contributed by atoms with Crippen LogP contribution in [-0.2, 0) is 9.59 Å². The molecule has 4 rings (SSSR count). The van der Waals surface area contributed by atoms with Gasteiger partial charge >= 0.3 is 6.03 Å². The minimum Gasteiger partial charge on any atom is -0.457 e. The van der Waals surface area contributed by atoms with E-state index in [9.17, 15) is 19.2 Å². The summed E-state index contributed by atoms with van der Waals surface area (Å²) < 4.78 is 5.68. The Labute approximate surface area is 185 Å². The molecule has 0 unspecified atom stereocenters. The highest BCUT2D eigenvalue weighted by Gasteiger charge is 2.52. The average Bonchev–Trinajstić information content (AvgIpc) is 3.03. The molecule has 3 N–H and O–H groups in total. The normalized spacial score (nSPS) is 17.1. The summed E-state index contributed by atoms with van der Waals surface area (Å²) in [5.41, 5.74) is 1.71. The van der Waals surface area contributed by atoms with Gasteiger partial charge in [0.05, 0.1) is 6.54 Å². The Hall–Kier alpha value is -3.88. The molecule has 1 saturated heterocycles. The topological polar surface area (TPSA) is 117 Å². The number of nitrogens with zero attached hydrogens (tertiary/aromatic N) is 1. The number of benzene rings is 2. The van der Waals surface area contributed by atoms with E-state index in [4.69, 9.17) is 4.74 Å². The van der Waals surface area contributed by atoms with Crippen LogP contribution >= 0.6 is 0 Å². The van der Waals surface area contributed by atoms with Crippen LogP contribution in [0, 0.1) is 0 Å². The molecule has 2 fully saturated rings. The lowest BCUT2D eigenvalue weighted by Gasteiger charge is -2.30. The van der Waals surface area contributed by atoms with E-state index in [-0.39, 0.29) is 6.54 Å². The molecule has 0 aromatic heterocycles. The number of para-hydroxylation sites is 1. The molecule has 0 bridgehead atoms. The molecule has 0 atom stereocenters. The molecule has 2 aliphatic rings. The Bertz CT molecular complexity index is 1020. The summed E-state index contributed by atoms with van der Waals surface area (Å²) in [7, 11) is 0. The summed E-state index contributed by atoms with van der Waals surface area (Å²) in [4.78, 5) is 49.4. The molecular weight excluding hydrogens is 412 g/mol. The van der Waals surface area contributed by atoms with E-state index < -0.39 is 29.3 Å². The lowest BCUT2D eigenvalue weighted by molar-refractivity contribution is -0.139. The second kappa shape index (κ2) is 9.09. The zero-order valence-corrected chi connectivity index (χ0v) is 17.4. The number of carbonyl (C=O) groups is 4. The fourth-order valence-corrected chi connectivity index (χ4v) is 3.94. The minimum absolute atomic E-state index is 0.342. The van der Waals surface area contributed by atoms with E-state index in [1.54, 1.807) is 24.3 Å². The van der Waals surface area contributed by atoms with Gasteiger partial charge in [-0.15, -0.1) is 0 Å². The molecule has 166 valence electrons. The molecule has 1 aliphatic carbocycles. The second-order valence-corrected chi connectivity index (χ2v) is 7.87. The zero-order valence-electron chi connectivity index (χ0n) is 17.4. The first-order chi connectivity index (χ1) is 15.5. The van der Waals surface area contributed by atoms with Crippen LogP contribution < -0.4 is 20.8 Å². The SMILES string of the molecule is O=C(CNC(=O)c1ccc(Oc2ccccc2)cc1)NN1C(=O)NC2(CCCCC2)C1=O.